The zero-order chi connectivity index (χ0) is 19.4. The van der Waals surface area contributed by atoms with Crippen LogP contribution in [0, 0.1) is 0 Å². The number of ether oxygens (including phenoxy) is 3. The van der Waals surface area contributed by atoms with Crippen LogP contribution in [0.1, 0.15) is 11.1 Å². The fourth-order valence-corrected chi connectivity index (χ4v) is 3.21. The van der Waals surface area contributed by atoms with Gasteiger partial charge < -0.3 is 14.2 Å². The van der Waals surface area contributed by atoms with Gasteiger partial charge in [0, 0.05) is 0 Å². The highest BCUT2D eigenvalue weighted by Gasteiger charge is 2.25. The molecule has 0 unspecified atom stereocenters. The van der Waals surface area contributed by atoms with Crippen LogP contribution in [0.2, 0.25) is 5.02 Å². The van der Waals surface area contributed by atoms with Crippen LogP contribution in [0.25, 0.3) is 6.08 Å². The van der Waals surface area contributed by atoms with Crippen molar-refractivity contribution in [3.63, 3.8) is 0 Å². The summed E-state index contributed by atoms with van der Waals surface area (Å²) in [5.74, 6) is 0.689. The molecule has 3 rings (SSSR count). The number of carbonyl (C=O) groups is 1. The molecular weight excluding hydrogens is 434 g/mol. The number of halogens is 2. The van der Waals surface area contributed by atoms with Gasteiger partial charge in [0.25, 0.3) is 0 Å². The van der Waals surface area contributed by atoms with Crippen molar-refractivity contribution >= 4 is 45.5 Å². The average Bonchev–Trinajstić information content (AvgIpc) is 3.01. The maximum atomic E-state index is 12.2. The van der Waals surface area contributed by atoms with E-state index in [0.29, 0.717) is 38.7 Å². The Labute approximate surface area is 170 Å². The second-order valence-corrected chi connectivity index (χ2v) is 6.71. The molecule has 5 nitrogen and oxygen atoms in total. The molecular formula is C20H15BrClNO4. The van der Waals surface area contributed by atoms with E-state index in [1.807, 2.05) is 0 Å². The molecule has 0 atom stereocenters. The molecule has 0 radical (unpaired) electrons. The summed E-state index contributed by atoms with van der Waals surface area (Å²) in [4.78, 5) is 16.5. The Morgan fingerprint density at radius 1 is 1.33 bits per heavy atom. The Kier molecular flexibility index (Phi) is 5.98. The number of aliphatic imine (C=N–C) groups is 1. The van der Waals surface area contributed by atoms with E-state index in [0.717, 1.165) is 0 Å². The monoisotopic (exact) mass is 447 g/mol. The summed E-state index contributed by atoms with van der Waals surface area (Å²) in [6, 6.07) is 10.6. The highest BCUT2D eigenvalue weighted by atomic mass is 79.9. The summed E-state index contributed by atoms with van der Waals surface area (Å²) in [7, 11) is 1.54. The minimum atomic E-state index is -0.549. The quantitative estimate of drug-likeness (QED) is 0.354. The summed E-state index contributed by atoms with van der Waals surface area (Å²) in [6.45, 7) is 3.97. The SMILES string of the molecule is C=CCOc1c(Br)cc(/C=C2\N=C(c3ccccc3Cl)OC2=O)cc1OC. The smallest absolute Gasteiger partial charge is 0.363 e. The van der Waals surface area contributed by atoms with Gasteiger partial charge in [0.2, 0.25) is 5.90 Å². The standard InChI is InChI=1S/C20H15BrClNO4/c1-3-8-26-18-14(21)9-12(11-17(18)25-2)10-16-20(24)27-19(23-16)13-6-4-5-7-15(13)22/h3-7,9-11H,1,8H2,2H3/b16-10-. The molecule has 1 aliphatic rings. The number of nitrogens with zero attached hydrogens (tertiary/aromatic N) is 1. The normalized spacial score (nSPS) is 14.7. The molecule has 7 heteroatoms. The van der Waals surface area contributed by atoms with Crippen LogP contribution >= 0.6 is 27.5 Å². The van der Waals surface area contributed by atoms with Gasteiger partial charge in [-0.05, 0) is 51.8 Å². The molecule has 0 spiro atoms. The number of rotatable bonds is 6. The van der Waals surface area contributed by atoms with Crippen LogP contribution in [-0.4, -0.2) is 25.6 Å². The highest BCUT2D eigenvalue weighted by molar-refractivity contribution is 9.10. The molecule has 2 aromatic rings. The van der Waals surface area contributed by atoms with Gasteiger partial charge in [0.15, 0.2) is 17.2 Å². The number of esters is 1. The summed E-state index contributed by atoms with van der Waals surface area (Å²) >= 11 is 9.60. The van der Waals surface area contributed by atoms with Crippen LogP contribution in [0.15, 0.2) is 64.2 Å². The van der Waals surface area contributed by atoms with E-state index in [1.165, 1.54) is 7.11 Å². The van der Waals surface area contributed by atoms with E-state index in [-0.39, 0.29) is 11.6 Å². The molecule has 0 saturated heterocycles. The second kappa shape index (κ2) is 8.41. The van der Waals surface area contributed by atoms with Gasteiger partial charge in [-0.1, -0.05) is 36.4 Å². The Morgan fingerprint density at radius 2 is 2.11 bits per heavy atom. The number of cyclic esters (lactones) is 1. The Balaban J connectivity index is 1.96. The Bertz CT molecular complexity index is 968. The number of hydrogen-bond donors (Lipinski definition) is 0. The molecule has 2 aromatic carbocycles. The second-order valence-electron chi connectivity index (χ2n) is 5.45. The van der Waals surface area contributed by atoms with Crippen molar-refractivity contribution in [2.75, 3.05) is 13.7 Å². The predicted octanol–water partition coefficient (Wildman–Crippen LogP) is 5.02. The number of carbonyl (C=O) groups excluding carboxylic acids is 1. The third kappa shape index (κ3) is 4.23. The minimum absolute atomic E-state index is 0.165. The van der Waals surface area contributed by atoms with E-state index in [2.05, 4.69) is 27.5 Å². The van der Waals surface area contributed by atoms with Gasteiger partial charge in [-0.15, -0.1) is 0 Å². The first-order chi connectivity index (χ1) is 13.0. The number of hydrogen-bond acceptors (Lipinski definition) is 5. The van der Waals surface area contributed by atoms with E-state index in [1.54, 1.807) is 48.6 Å². The van der Waals surface area contributed by atoms with Gasteiger partial charge in [-0.2, -0.15) is 0 Å². The molecule has 0 aromatic heterocycles. The zero-order valence-electron chi connectivity index (χ0n) is 14.4. The van der Waals surface area contributed by atoms with Crippen molar-refractivity contribution in [3.8, 4) is 11.5 Å². The van der Waals surface area contributed by atoms with Crippen LogP contribution in [-0.2, 0) is 9.53 Å². The van der Waals surface area contributed by atoms with Gasteiger partial charge in [0.1, 0.15) is 6.61 Å². The van der Waals surface area contributed by atoms with Gasteiger partial charge in [-0.3, -0.25) is 0 Å². The molecule has 0 aliphatic carbocycles. The largest absolute Gasteiger partial charge is 0.493 e. The maximum absolute atomic E-state index is 12.2. The molecule has 0 fully saturated rings. The van der Waals surface area contributed by atoms with E-state index in [9.17, 15) is 4.79 Å². The lowest BCUT2D eigenvalue weighted by Crippen LogP contribution is -2.05. The van der Waals surface area contributed by atoms with Crippen molar-refractivity contribution in [1.82, 2.24) is 0 Å². The molecule has 1 heterocycles. The van der Waals surface area contributed by atoms with Crippen molar-refractivity contribution in [2.24, 2.45) is 4.99 Å². The first kappa shape index (κ1) is 19.2. The lowest BCUT2D eigenvalue weighted by atomic mass is 10.1. The molecule has 0 N–H and O–H groups in total. The summed E-state index contributed by atoms with van der Waals surface area (Å²) in [5, 5.41) is 0.457. The fourth-order valence-electron chi connectivity index (χ4n) is 2.42. The minimum Gasteiger partial charge on any atom is -0.493 e. The lowest BCUT2D eigenvalue weighted by Gasteiger charge is -2.12. The zero-order valence-corrected chi connectivity index (χ0v) is 16.7. The summed E-state index contributed by atoms with van der Waals surface area (Å²) in [6.07, 6.45) is 3.25. The third-order valence-corrected chi connectivity index (χ3v) is 4.54. The van der Waals surface area contributed by atoms with Gasteiger partial charge in [-0.25, -0.2) is 9.79 Å². The molecule has 138 valence electrons. The van der Waals surface area contributed by atoms with Crippen LogP contribution < -0.4 is 9.47 Å². The van der Waals surface area contributed by atoms with E-state index >= 15 is 0 Å². The maximum Gasteiger partial charge on any atom is 0.363 e. The van der Waals surface area contributed by atoms with Crippen molar-refractivity contribution in [3.05, 3.63) is 75.4 Å². The molecule has 0 saturated carbocycles. The predicted molar refractivity (Wildman–Crippen MR) is 108 cm³/mol. The molecule has 27 heavy (non-hydrogen) atoms. The van der Waals surface area contributed by atoms with Crippen molar-refractivity contribution in [2.45, 2.75) is 0 Å². The topological polar surface area (TPSA) is 57.1 Å². The third-order valence-electron chi connectivity index (χ3n) is 3.63. The fraction of sp³-hybridized carbons (Fsp3) is 0.100. The van der Waals surface area contributed by atoms with E-state index < -0.39 is 5.97 Å². The Hall–Kier alpha value is -2.57. The highest BCUT2D eigenvalue weighted by Crippen LogP contribution is 2.37. The van der Waals surface area contributed by atoms with Gasteiger partial charge >= 0.3 is 5.97 Å². The molecule has 1 aliphatic heterocycles. The van der Waals surface area contributed by atoms with Crippen LogP contribution in [0.5, 0.6) is 11.5 Å². The van der Waals surface area contributed by atoms with Crippen LogP contribution in [0.4, 0.5) is 0 Å². The summed E-state index contributed by atoms with van der Waals surface area (Å²) < 4.78 is 16.9. The van der Waals surface area contributed by atoms with Crippen molar-refractivity contribution in [1.29, 1.82) is 0 Å². The first-order valence-corrected chi connectivity index (χ1v) is 9.09. The molecule has 0 bridgehead atoms. The lowest BCUT2D eigenvalue weighted by molar-refractivity contribution is -0.129. The summed E-state index contributed by atoms with van der Waals surface area (Å²) in [5.41, 5.74) is 1.42. The van der Waals surface area contributed by atoms with Crippen LogP contribution in [0.3, 0.4) is 0 Å². The molecule has 0 amide bonds. The average molecular weight is 449 g/mol. The Morgan fingerprint density at radius 3 is 2.81 bits per heavy atom. The first-order valence-electron chi connectivity index (χ1n) is 7.92. The number of benzene rings is 2. The number of methoxy groups -OCH3 is 1. The van der Waals surface area contributed by atoms with Crippen molar-refractivity contribution < 1.29 is 19.0 Å². The van der Waals surface area contributed by atoms with E-state index in [4.69, 9.17) is 25.8 Å². The van der Waals surface area contributed by atoms with Gasteiger partial charge in [0.05, 0.1) is 22.2 Å².